The van der Waals surface area contributed by atoms with Gasteiger partial charge in [-0.2, -0.15) is 0 Å². The van der Waals surface area contributed by atoms with Gasteiger partial charge in [-0.1, -0.05) is 60.7 Å². The van der Waals surface area contributed by atoms with E-state index in [1.807, 2.05) is 91.0 Å². The Morgan fingerprint density at radius 2 is 1.54 bits per heavy atom. The minimum atomic E-state index is -0.0233. The SMILES string of the molecule is O=c1c(C2=C=CC=CC=C2)c2cccccc-2n1-c1ccccc1. The maximum absolute atomic E-state index is 13.2. The second kappa shape index (κ2) is 6.04. The van der Waals surface area contributed by atoms with Gasteiger partial charge >= 0.3 is 0 Å². The van der Waals surface area contributed by atoms with Gasteiger partial charge in [-0.25, -0.2) is 0 Å². The lowest BCUT2D eigenvalue weighted by atomic mass is 10.0. The van der Waals surface area contributed by atoms with E-state index >= 15 is 0 Å². The molecule has 0 bridgehead atoms. The Morgan fingerprint density at radius 3 is 2.38 bits per heavy atom. The molecule has 0 amide bonds. The number of para-hydroxylation sites is 1. The van der Waals surface area contributed by atoms with Gasteiger partial charge in [0, 0.05) is 16.8 Å². The van der Waals surface area contributed by atoms with Gasteiger partial charge < -0.3 is 0 Å². The highest BCUT2D eigenvalue weighted by Gasteiger charge is 2.22. The fraction of sp³-hybridized carbons (Fsp3) is 0. The highest BCUT2D eigenvalue weighted by Crippen LogP contribution is 2.31. The molecule has 0 unspecified atom stereocenters. The Bertz CT molecular complexity index is 1040. The smallest absolute Gasteiger partial charge is 0.264 e. The fourth-order valence-corrected chi connectivity index (χ4v) is 2.99. The van der Waals surface area contributed by atoms with Crippen LogP contribution in [0, 0.1) is 0 Å². The first-order valence-electron chi connectivity index (χ1n) is 7.86. The quantitative estimate of drug-likeness (QED) is 0.634. The summed E-state index contributed by atoms with van der Waals surface area (Å²) >= 11 is 0. The molecule has 1 aliphatic heterocycles. The van der Waals surface area contributed by atoms with Crippen molar-refractivity contribution >= 4 is 5.57 Å². The summed E-state index contributed by atoms with van der Waals surface area (Å²) in [6.07, 6.45) is 9.53. The highest BCUT2D eigenvalue weighted by molar-refractivity contribution is 5.86. The molecule has 2 nitrogen and oxygen atoms in total. The Kier molecular flexibility index (Phi) is 3.59. The zero-order valence-electron chi connectivity index (χ0n) is 13.0. The number of allylic oxidation sites excluding steroid dienone is 5. The van der Waals surface area contributed by atoms with E-state index in [-0.39, 0.29) is 5.56 Å². The zero-order valence-corrected chi connectivity index (χ0v) is 13.0. The summed E-state index contributed by atoms with van der Waals surface area (Å²) in [6.45, 7) is 0. The van der Waals surface area contributed by atoms with E-state index in [0.717, 1.165) is 22.5 Å². The van der Waals surface area contributed by atoms with Crippen molar-refractivity contribution in [1.82, 2.24) is 4.57 Å². The Balaban J connectivity index is 2.09. The monoisotopic (exact) mass is 309 g/mol. The van der Waals surface area contributed by atoms with Gasteiger partial charge in [0.25, 0.3) is 5.56 Å². The minimum absolute atomic E-state index is 0.0233. The molecule has 0 spiro atoms. The molecule has 0 radical (unpaired) electrons. The Hall–Kier alpha value is -3.35. The second-order valence-electron chi connectivity index (χ2n) is 5.53. The molecule has 24 heavy (non-hydrogen) atoms. The Labute approximate surface area is 140 Å². The molecule has 1 heterocycles. The fourth-order valence-electron chi connectivity index (χ4n) is 2.99. The van der Waals surface area contributed by atoms with Crippen molar-refractivity contribution < 1.29 is 0 Å². The number of aromatic nitrogens is 1. The zero-order chi connectivity index (χ0) is 16.4. The average Bonchev–Trinajstić information content (AvgIpc) is 2.87. The van der Waals surface area contributed by atoms with Crippen molar-refractivity contribution in [2.24, 2.45) is 0 Å². The summed E-state index contributed by atoms with van der Waals surface area (Å²) in [5.74, 6) is 0. The molecule has 1 aromatic carbocycles. The molecule has 0 saturated heterocycles. The van der Waals surface area contributed by atoms with Crippen LogP contribution >= 0.6 is 0 Å². The van der Waals surface area contributed by atoms with E-state index in [1.165, 1.54) is 0 Å². The first-order chi connectivity index (χ1) is 11.9. The van der Waals surface area contributed by atoms with Crippen LogP contribution in [-0.2, 0) is 0 Å². The number of hydrogen-bond donors (Lipinski definition) is 0. The maximum atomic E-state index is 13.2. The minimum Gasteiger partial charge on any atom is -0.276 e. The molecule has 114 valence electrons. The summed E-state index contributed by atoms with van der Waals surface area (Å²) in [5, 5.41) is 0. The Morgan fingerprint density at radius 1 is 0.792 bits per heavy atom. The number of nitrogens with zero attached hydrogens (tertiary/aromatic N) is 1. The van der Waals surface area contributed by atoms with Crippen LogP contribution in [0.3, 0.4) is 0 Å². The van der Waals surface area contributed by atoms with Crippen molar-refractivity contribution in [3.8, 4) is 16.9 Å². The average molecular weight is 309 g/mol. The van der Waals surface area contributed by atoms with Crippen molar-refractivity contribution in [3.05, 3.63) is 113 Å². The molecule has 0 fully saturated rings. The van der Waals surface area contributed by atoms with Crippen molar-refractivity contribution in [3.63, 3.8) is 0 Å². The highest BCUT2D eigenvalue weighted by atomic mass is 16.1. The lowest BCUT2D eigenvalue weighted by Gasteiger charge is -2.04. The van der Waals surface area contributed by atoms with Crippen LogP contribution in [0.2, 0.25) is 0 Å². The van der Waals surface area contributed by atoms with Crippen molar-refractivity contribution in [2.75, 3.05) is 0 Å². The van der Waals surface area contributed by atoms with E-state index in [9.17, 15) is 4.79 Å². The van der Waals surface area contributed by atoms with Gasteiger partial charge in [0.1, 0.15) is 0 Å². The van der Waals surface area contributed by atoms with E-state index in [4.69, 9.17) is 0 Å². The van der Waals surface area contributed by atoms with Gasteiger partial charge in [-0.15, -0.1) is 5.73 Å². The molecule has 1 aromatic rings. The maximum Gasteiger partial charge on any atom is 0.264 e. The third kappa shape index (κ3) is 2.36. The number of hydrogen-bond acceptors (Lipinski definition) is 1. The first-order valence-corrected chi connectivity index (χ1v) is 7.86. The van der Waals surface area contributed by atoms with Gasteiger partial charge in [-0.3, -0.25) is 9.36 Å². The molecule has 0 saturated carbocycles. The number of rotatable bonds is 2. The standard InChI is InChI=1S/C22H15NO/c24-22-21(17-11-5-1-2-6-12-17)19-15-9-4-10-16-20(19)23(22)18-13-7-3-8-14-18/h1-11,13-16H. The largest absolute Gasteiger partial charge is 0.276 e. The molecular weight excluding hydrogens is 294 g/mol. The van der Waals surface area contributed by atoms with Crippen LogP contribution in [0.4, 0.5) is 0 Å². The van der Waals surface area contributed by atoms with Crippen molar-refractivity contribution in [1.29, 1.82) is 0 Å². The number of benzene rings is 1. The lowest BCUT2D eigenvalue weighted by molar-refractivity contribution is 1.04. The van der Waals surface area contributed by atoms with Gasteiger partial charge in [0.2, 0.25) is 0 Å². The van der Waals surface area contributed by atoms with Crippen LogP contribution in [0.25, 0.3) is 22.5 Å². The third-order valence-corrected chi connectivity index (χ3v) is 4.05. The summed E-state index contributed by atoms with van der Waals surface area (Å²) in [5.41, 5.74) is 7.36. The molecule has 0 atom stereocenters. The summed E-state index contributed by atoms with van der Waals surface area (Å²) in [4.78, 5) is 13.2. The summed E-state index contributed by atoms with van der Waals surface area (Å²) in [6, 6.07) is 19.6. The van der Waals surface area contributed by atoms with E-state index in [1.54, 1.807) is 4.57 Å². The van der Waals surface area contributed by atoms with E-state index < -0.39 is 0 Å². The normalized spacial score (nSPS) is 13.1. The van der Waals surface area contributed by atoms with Crippen LogP contribution < -0.4 is 5.56 Å². The van der Waals surface area contributed by atoms with E-state index in [2.05, 4.69) is 5.73 Å². The molecule has 3 aliphatic rings. The number of fused-ring (bicyclic) bond motifs is 1. The van der Waals surface area contributed by atoms with Gasteiger partial charge in [-0.05, 0) is 30.4 Å². The van der Waals surface area contributed by atoms with Gasteiger partial charge in [0.05, 0.1) is 11.3 Å². The first kappa shape index (κ1) is 14.3. The van der Waals surface area contributed by atoms with E-state index in [0.29, 0.717) is 5.56 Å². The lowest BCUT2D eigenvalue weighted by Crippen LogP contribution is -2.15. The molecular formula is C22H15NO. The van der Waals surface area contributed by atoms with Crippen LogP contribution in [0.5, 0.6) is 0 Å². The summed E-state index contributed by atoms with van der Waals surface area (Å²) < 4.78 is 1.77. The molecule has 2 heteroatoms. The van der Waals surface area contributed by atoms with Crippen molar-refractivity contribution in [2.45, 2.75) is 0 Å². The van der Waals surface area contributed by atoms with Gasteiger partial charge in [0.15, 0.2) is 0 Å². The second-order valence-corrected chi connectivity index (χ2v) is 5.53. The predicted octanol–water partition coefficient (Wildman–Crippen LogP) is 4.61. The molecule has 0 N–H and O–H groups in total. The summed E-state index contributed by atoms with van der Waals surface area (Å²) in [7, 11) is 0. The van der Waals surface area contributed by atoms with Crippen LogP contribution in [-0.4, -0.2) is 4.57 Å². The molecule has 2 aliphatic carbocycles. The van der Waals surface area contributed by atoms with Crippen LogP contribution in [0.15, 0.2) is 102 Å². The predicted molar refractivity (Wildman–Crippen MR) is 98.4 cm³/mol. The molecule has 4 rings (SSSR count). The van der Waals surface area contributed by atoms with Crippen LogP contribution in [0.1, 0.15) is 5.56 Å². The molecule has 0 aromatic heterocycles. The topological polar surface area (TPSA) is 22.0 Å². The third-order valence-electron chi connectivity index (χ3n) is 4.05.